The average molecular weight is 484 g/mol. The van der Waals surface area contributed by atoms with Crippen molar-refractivity contribution in [3.63, 3.8) is 0 Å². The summed E-state index contributed by atoms with van der Waals surface area (Å²) in [4.78, 5) is 24.7. The fraction of sp³-hybridized carbons (Fsp3) is 0.520. The van der Waals surface area contributed by atoms with Gasteiger partial charge in [-0.15, -0.1) is 0 Å². The third-order valence-electron chi connectivity index (χ3n) is 7.37. The van der Waals surface area contributed by atoms with E-state index in [1.807, 2.05) is 29.2 Å². The zero-order valence-electron chi connectivity index (χ0n) is 19.5. The first-order valence-corrected chi connectivity index (χ1v) is 13.7. The molecule has 1 amide bonds. The second kappa shape index (κ2) is 10.0. The molecule has 3 heterocycles. The summed E-state index contributed by atoms with van der Waals surface area (Å²) in [6, 6.07) is 14.3. The number of piperazine rings is 1. The van der Waals surface area contributed by atoms with E-state index >= 15 is 0 Å². The van der Waals surface area contributed by atoms with Crippen molar-refractivity contribution in [1.82, 2.24) is 19.1 Å². The molecule has 1 saturated carbocycles. The number of hydrogen-bond donors (Lipinski definition) is 0. The maximum atomic E-state index is 13.7. The van der Waals surface area contributed by atoms with Crippen molar-refractivity contribution < 1.29 is 13.2 Å². The van der Waals surface area contributed by atoms with Crippen LogP contribution < -0.4 is 4.90 Å². The second-order valence-corrected chi connectivity index (χ2v) is 11.4. The maximum Gasteiger partial charge on any atom is 0.244 e. The van der Waals surface area contributed by atoms with Crippen LogP contribution in [0.15, 0.2) is 59.6 Å². The molecule has 1 atom stereocenters. The SMILES string of the molecule is O=C(C1CN(S(=O)(=O)c2ccccc2)CN1C1CCCCC1)N1CCN(c2ccccn2)CC1. The lowest BCUT2D eigenvalue weighted by Gasteiger charge is -2.39. The number of anilines is 1. The number of hydrogen-bond acceptors (Lipinski definition) is 6. The number of pyridine rings is 1. The van der Waals surface area contributed by atoms with E-state index in [2.05, 4.69) is 14.8 Å². The highest BCUT2D eigenvalue weighted by Gasteiger charge is 2.45. The number of carbonyl (C=O) groups excluding carboxylic acids is 1. The van der Waals surface area contributed by atoms with Crippen molar-refractivity contribution in [2.24, 2.45) is 0 Å². The van der Waals surface area contributed by atoms with Crippen LogP contribution in [0.1, 0.15) is 32.1 Å². The molecule has 5 rings (SSSR count). The number of rotatable bonds is 5. The molecule has 9 heteroatoms. The molecule has 182 valence electrons. The zero-order valence-corrected chi connectivity index (χ0v) is 20.3. The van der Waals surface area contributed by atoms with Gasteiger partial charge in [-0.25, -0.2) is 13.4 Å². The van der Waals surface area contributed by atoms with Crippen LogP contribution in [0.4, 0.5) is 5.82 Å². The van der Waals surface area contributed by atoms with Gasteiger partial charge in [0.1, 0.15) is 11.9 Å². The van der Waals surface area contributed by atoms with Gasteiger partial charge in [0, 0.05) is 45.0 Å². The highest BCUT2D eigenvalue weighted by Crippen LogP contribution is 2.31. The predicted octanol–water partition coefficient (Wildman–Crippen LogP) is 2.40. The second-order valence-electron chi connectivity index (χ2n) is 9.42. The summed E-state index contributed by atoms with van der Waals surface area (Å²) in [5.74, 6) is 0.983. The number of carbonyl (C=O) groups is 1. The molecule has 3 aliphatic rings. The van der Waals surface area contributed by atoms with Gasteiger partial charge in [0.05, 0.1) is 11.6 Å². The Balaban J connectivity index is 1.32. The van der Waals surface area contributed by atoms with Crippen LogP contribution in [0.5, 0.6) is 0 Å². The topological polar surface area (TPSA) is 77.1 Å². The first kappa shape index (κ1) is 23.3. The van der Waals surface area contributed by atoms with Gasteiger partial charge in [0.2, 0.25) is 15.9 Å². The van der Waals surface area contributed by atoms with Crippen LogP contribution in [0.2, 0.25) is 0 Å². The molecule has 2 aromatic rings. The summed E-state index contributed by atoms with van der Waals surface area (Å²) in [6.07, 6.45) is 7.32. The molecule has 0 spiro atoms. The molecule has 0 radical (unpaired) electrons. The molecule has 0 N–H and O–H groups in total. The summed E-state index contributed by atoms with van der Waals surface area (Å²) in [5, 5.41) is 0. The lowest BCUT2D eigenvalue weighted by Crippen LogP contribution is -2.56. The normalized spacial score (nSPS) is 23.4. The Kier molecular flexibility index (Phi) is 6.85. The Morgan fingerprint density at radius 3 is 2.26 bits per heavy atom. The minimum absolute atomic E-state index is 0.0528. The molecule has 2 saturated heterocycles. The maximum absolute atomic E-state index is 13.7. The fourth-order valence-electron chi connectivity index (χ4n) is 5.46. The minimum Gasteiger partial charge on any atom is -0.353 e. The Labute approximate surface area is 202 Å². The summed E-state index contributed by atoms with van der Waals surface area (Å²) in [5.41, 5.74) is 0. The number of aromatic nitrogens is 1. The lowest BCUT2D eigenvalue weighted by atomic mass is 9.93. The first-order chi connectivity index (χ1) is 16.5. The van der Waals surface area contributed by atoms with E-state index in [9.17, 15) is 13.2 Å². The smallest absolute Gasteiger partial charge is 0.244 e. The van der Waals surface area contributed by atoms with E-state index < -0.39 is 16.1 Å². The van der Waals surface area contributed by atoms with Crippen LogP contribution in [-0.2, 0) is 14.8 Å². The number of benzene rings is 1. The number of nitrogens with zero attached hydrogens (tertiary/aromatic N) is 5. The standard InChI is InChI=1S/C25H33N5O3S/c31-25(28-17-15-27(16-18-28)24-13-7-8-14-26-24)23-19-29(20-30(23)21-9-3-1-4-10-21)34(32,33)22-11-5-2-6-12-22/h2,5-8,11-14,21,23H,1,3-4,9-10,15-20H2. The van der Waals surface area contributed by atoms with Gasteiger partial charge in [-0.3, -0.25) is 9.69 Å². The van der Waals surface area contributed by atoms with Crippen LogP contribution >= 0.6 is 0 Å². The van der Waals surface area contributed by atoms with Gasteiger partial charge in [0.15, 0.2) is 0 Å². The molecular formula is C25H33N5O3S. The Morgan fingerprint density at radius 1 is 0.882 bits per heavy atom. The molecule has 1 aromatic heterocycles. The average Bonchev–Trinajstić information content (AvgIpc) is 3.36. The quantitative estimate of drug-likeness (QED) is 0.650. The lowest BCUT2D eigenvalue weighted by molar-refractivity contribution is -0.136. The van der Waals surface area contributed by atoms with Gasteiger partial charge >= 0.3 is 0 Å². The van der Waals surface area contributed by atoms with Crippen molar-refractivity contribution in [3.05, 3.63) is 54.7 Å². The van der Waals surface area contributed by atoms with Crippen LogP contribution in [0.25, 0.3) is 0 Å². The minimum atomic E-state index is -3.65. The van der Waals surface area contributed by atoms with Crippen LogP contribution in [-0.4, -0.2) is 84.9 Å². The molecule has 0 bridgehead atoms. The molecule has 1 aromatic carbocycles. The monoisotopic (exact) mass is 483 g/mol. The summed E-state index contributed by atoms with van der Waals surface area (Å²) in [6.45, 7) is 3.20. The third-order valence-corrected chi connectivity index (χ3v) is 9.18. The van der Waals surface area contributed by atoms with E-state index in [0.29, 0.717) is 13.1 Å². The van der Waals surface area contributed by atoms with E-state index in [1.165, 1.54) is 10.7 Å². The molecule has 1 aliphatic carbocycles. The Bertz CT molecular complexity index is 1070. The number of amides is 1. The van der Waals surface area contributed by atoms with Gasteiger partial charge in [-0.1, -0.05) is 43.5 Å². The molecular weight excluding hydrogens is 450 g/mol. The van der Waals surface area contributed by atoms with E-state index in [1.54, 1.807) is 30.5 Å². The van der Waals surface area contributed by atoms with Crippen molar-refractivity contribution in [3.8, 4) is 0 Å². The largest absolute Gasteiger partial charge is 0.353 e. The van der Waals surface area contributed by atoms with Crippen LogP contribution in [0, 0.1) is 0 Å². The highest BCUT2D eigenvalue weighted by molar-refractivity contribution is 7.89. The van der Waals surface area contributed by atoms with Crippen molar-refractivity contribution in [2.45, 2.75) is 49.1 Å². The van der Waals surface area contributed by atoms with Gasteiger partial charge in [0.25, 0.3) is 0 Å². The Morgan fingerprint density at radius 2 is 1.59 bits per heavy atom. The van der Waals surface area contributed by atoms with Gasteiger partial charge in [-0.05, 0) is 37.1 Å². The van der Waals surface area contributed by atoms with Crippen molar-refractivity contribution >= 4 is 21.7 Å². The fourth-order valence-corrected chi connectivity index (χ4v) is 6.88. The molecule has 3 fully saturated rings. The summed E-state index contributed by atoms with van der Waals surface area (Å²) >= 11 is 0. The molecule has 34 heavy (non-hydrogen) atoms. The van der Waals surface area contributed by atoms with Gasteiger partial charge < -0.3 is 9.80 Å². The number of sulfonamides is 1. The Hall–Kier alpha value is -2.49. The van der Waals surface area contributed by atoms with E-state index in [0.717, 1.165) is 44.6 Å². The molecule has 1 unspecified atom stereocenters. The summed E-state index contributed by atoms with van der Waals surface area (Å²) < 4.78 is 28.2. The van der Waals surface area contributed by atoms with Crippen molar-refractivity contribution in [1.29, 1.82) is 0 Å². The third kappa shape index (κ3) is 4.69. The zero-order chi connectivity index (χ0) is 23.5. The van der Waals surface area contributed by atoms with E-state index in [4.69, 9.17) is 0 Å². The van der Waals surface area contributed by atoms with Crippen LogP contribution in [0.3, 0.4) is 0 Å². The molecule has 8 nitrogen and oxygen atoms in total. The van der Waals surface area contributed by atoms with Gasteiger partial charge in [-0.2, -0.15) is 4.31 Å². The predicted molar refractivity (Wildman–Crippen MR) is 131 cm³/mol. The van der Waals surface area contributed by atoms with E-state index in [-0.39, 0.29) is 30.1 Å². The summed E-state index contributed by atoms with van der Waals surface area (Å²) in [7, 11) is -3.65. The highest BCUT2D eigenvalue weighted by atomic mass is 32.2. The molecule has 2 aliphatic heterocycles. The first-order valence-electron chi connectivity index (χ1n) is 12.3. The van der Waals surface area contributed by atoms with Crippen molar-refractivity contribution in [2.75, 3.05) is 44.3 Å².